The van der Waals surface area contributed by atoms with Gasteiger partial charge >= 0.3 is 0 Å². The summed E-state index contributed by atoms with van der Waals surface area (Å²) in [4.78, 5) is 23.3. The van der Waals surface area contributed by atoms with E-state index in [1.807, 2.05) is 19.9 Å². The number of nitriles is 1. The van der Waals surface area contributed by atoms with Gasteiger partial charge in [-0.1, -0.05) is 25.1 Å². The smallest absolute Gasteiger partial charge is 0.276 e. The molecule has 6 nitrogen and oxygen atoms in total. The standard InChI is InChI=1S/C21H21N3O3/c1-4-12-23-15(2)13-19(16(23)3)21(25)18(14-22)10-7-9-17-8-5-6-11-20(17)24(26)27/h5-11,13H,4,12H2,1-3H3/b9-7+,18-10+. The van der Waals surface area contributed by atoms with Crippen molar-refractivity contribution < 1.29 is 9.72 Å². The largest absolute Gasteiger partial charge is 0.348 e. The number of benzene rings is 1. The predicted molar refractivity (Wildman–Crippen MR) is 104 cm³/mol. The summed E-state index contributed by atoms with van der Waals surface area (Å²) in [5.74, 6) is -0.347. The average molecular weight is 363 g/mol. The van der Waals surface area contributed by atoms with Crippen LogP contribution >= 0.6 is 0 Å². The highest BCUT2D eigenvalue weighted by molar-refractivity contribution is 6.12. The Hall–Kier alpha value is -3.46. The number of para-hydroxylation sites is 1. The first-order valence-corrected chi connectivity index (χ1v) is 8.64. The van der Waals surface area contributed by atoms with Crippen molar-refractivity contribution in [2.24, 2.45) is 0 Å². The molecule has 0 amide bonds. The Labute approximate surface area is 158 Å². The molecule has 0 aliphatic rings. The van der Waals surface area contributed by atoms with E-state index in [-0.39, 0.29) is 17.0 Å². The number of nitro benzene ring substituents is 1. The Bertz CT molecular complexity index is 975. The van der Waals surface area contributed by atoms with Gasteiger partial charge in [0.05, 0.1) is 10.5 Å². The van der Waals surface area contributed by atoms with Crippen LogP contribution in [-0.4, -0.2) is 15.3 Å². The number of hydrogen-bond acceptors (Lipinski definition) is 4. The third kappa shape index (κ3) is 4.39. The van der Waals surface area contributed by atoms with Crippen LogP contribution in [0, 0.1) is 35.3 Å². The van der Waals surface area contributed by atoms with E-state index >= 15 is 0 Å². The van der Waals surface area contributed by atoms with Gasteiger partial charge in [-0.25, -0.2) is 0 Å². The van der Waals surface area contributed by atoms with Crippen molar-refractivity contribution in [1.82, 2.24) is 4.57 Å². The second-order valence-electron chi connectivity index (χ2n) is 6.13. The fourth-order valence-corrected chi connectivity index (χ4v) is 2.95. The zero-order chi connectivity index (χ0) is 20.0. The van der Waals surface area contributed by atoms with Crippen molar-refractivity contribution in [2.45, 2.75) is 33.7 Å². The first-order chi connectivity index (χ1) is 12.9. The number of rotatable bonds is 7. The van der Waals surface area contributed by atoms with Gasteiger partial charge in [-0.15, -0.1) is 0 Å². The molecule has 0 aliphatic heterocycles. The molecule has 27 heavy (non-hydrogen) atoms. The third-order valence-electron chi connectivity index (χ3n) is 4.30. The van der Waals surface area contributed by atoms with E-state index in [9.17, 15) is 20.2 Å². The van der Waals surface area contributed by atoms with Gasteiger partial charge in [0.15, 0.2) is 0 Å². The minimum absolute atomic E-state index is 0.0124. The summed E-state index contributed by atoms with van der Waals surface area (Å²) in [6.07, 6.45) is 5.35. The van der Waals surface area contributed by atoms with Crippen molar-refractivity contribution >= 4 is 17.5 Å². The number of hydrogen-bond donors (Lipinski definition) is 0. The quantitative estimate of drug-likeness (QED) is 0.177. The lowest BCUT2D eigenvalue weighted by Gasteiger charge is -2.07. The van der Waals surface area contributed by atoms with Crippen LogP contribution in [-0.2, 0) is 6.54 Å². The lowest BCUT2D eigenvalue weighted by molar-refractivity contribution is -0.385. The van der Waals surface area contributed by atoms with E-state index in [4.69, 9.17) is 0 Å². The Morgan fingerprint density at radius 2 is 2.04 bits per heavy atom. The summed E-state index contributed by atoms with van der Waals surface area (Å²) >= 11 is 0. The number of Topliss-reactive ketones (excluding diaryl/α,β-unsaturated/α-hetero) is 1. The maximum Gasteiger partial charge on any atom is 0.276 e. The van der Waals surface area contributed by atoms with E-state index in [0.717, 1.165) is 24.4 Å². The second kappa shape index (κ2) is 8.77. The van der Waals surface area contributed by atoms with E-state index < -0.39 is 4.92 Å². The van der Waals surface area contributed by atoms with Crippen LogP contribution in [0.4, 0.5) is 5.69 Å². The molecule has 0 radical (unpaired) electrons. The van der Waals surface area contributed by atoms with E-state index in [0.29, 0.717) is 11.1 Å². The Kier molecular flexibility index (Phi) is 6.45. The predicted octanol–water partition coefficient (Wildman–Crippen LogP) is 4.77. The van der Waals surface area contributed by atoms with E-state index in [1.54, 1.807) is 24.3 Å². The van der Waals surface area contributed by atoms with Gasteiger partial charge in [-0.3, -0.25) is 14.9 Å². The lowest BCUT2D eigenvalue weighted by atomic mass is 10.0. The summed E-state index contributed by atoms with van der Waals surface area (Å²) < 4.78 is 2.06. The molecule has 1 heterocycles. The molecule has 2 rings (SSSR count). The monoisotopic (exact) mass is 363 g/mol. The van der Waals surface area contributed by atoms with E-state index in [2.05, 4.69) is 11.5 Å². The number of nitrogens with zero attached hydrogens (tertiary/aromatic N) is 3. The minimum atomic E-state index is -0.470. The molecule has 0 aliphatic carbocycles. The van der Waals surface area contributed by atoms with Gasteiger partial charge in [0.1, 0.15) is 11.6 Å². The molecule has 6 heteroatoms. The molecule has 0 atom stereocenters. The SMILES string of the molecule is CCCn1c(C)cc(C(=O)/C(C#N)=C/C=C/c2ccccc2[N+](=O)[O-])c1C. The van der Waals surface area contributed by atoms with Gasteiger partial charge in [-0.2, -0.15) is 5.26 Å². The Morgan fingerprint density at radius 3 is 2.67 bits per heavy atom. The number of aryl methyl sites for hydroxylation is 1. The molecular weight excluding hydrogens is 342 g/mol. The number of aromatic nitrogens is 1. The van der Waals surface area contributed by atoms with Crippen LogP contribution in [0.25, 0.3) is 6.08 Å². The lowest BCUT2D eigenvalue weighted by Crippen LogP contribution is -2.06. The van der Waals surface area contributed by atoms with Crippen LogP contribution in [0.2, 0.25) is 0 Å². The molecular formula is C21H21N3O3. The Morgan fingerprint density at radius 1 is 1.33 bits per heavy atom. The highest BCUT2D eigenvalue weighted by Gasteiger charge is 2.18. The topological polar surface area (TPSA) is 88.9 Å². The summed E-state index contributed by atoms with van der Waals surface area (Å²) in [7, 11) is 0. The van der Waals surface area contributed by atoms with Crippen LogP contribution in [0.1, 0.15) is 40.7 Å². The molecule has 1 aromatic carbocycles. The summed E-state index contributed by atoms with van der Waals surface area (Å²) in [6.45, 7) is 6.68. The molecule has 0 fully saturated rings. The summed E-state index contributed by atoms with van der Waals surface area (Å²) in [5, 5.41) is 20.4. The molecule has 0 saturated heterocycles. The average Bonchev–Trinajstić information content (AvgIpc) is 2.93. The van der Waals surface area contributed by atoms with Crippen LogP contribution < -0.4 is 0 Å². The molecule has 1 aromatic heterocycles. The Balaban J connectivity index is 2.32. The highest BCUT2D eigenvalue weighted by atomic mass is 16.6. The van der Waals surface area contributed by atoms with Gasteiger partial charge in [0.25, 0.3) is 5.69 Å². The number of allylic oxidation sites excluding steroid dienone is 3. The number of carbonyl (C=O) groups is 1. The fraction of sp³-hybridized carbons (Fsp3) is 0.238. The molecule has 0 bridgehead atoms. The molecule has 138 valence electrons. The molecule has 2 aromatic rings. The third-order valence-corrected chi connectivity index (χ3v) is 4.30. The maximum absolute atomic E-state index is 12.7. The van der Waals surface area contributed by atoms with Gasteiger partial charge < -0.3 is 4.57 Å². The highest BCUT2D eigenvalue weighted by Crippen LogP contribution is 2.21. The zero-order valence-corrected chi connectivity index (χ0v) is 15.6. The van der Waals surface area contributed by atoms with Gasteiger partial charge in [-0.05, 0) is 44.6 Å². The summed E-state index contributed by atoms with van der Waals surface area (Å²) in [6, 6.07) is 10.0. The van der Waals surface area contributed by atoms with Crippen molar-refractivity contribution in [3.05, 3.63) is 80.7 Å². The van der Waals surface area contributed by atoms with E-state index in [1.165, 1.54) is 24.3 Å². The summed E-state index contributed by atoms with van der Waals surface area (Å²) in [5.41, 5.74) is 2.68. The van der Waals surface area contributed by atoms with Crippen molar-refractivity contribution in [2.75, 3.05) is 0 Å². The molecule has 0 unspecified atom stereocenters. The molecule has 0 spiro atoms. The molecule has 0 saturated carbocycles. The van der Waals surface area contributed by atoms with Gasteiger partial charge in [0, 0.05) is 29.6 Å². The van der Waals surface area contributed by atoms with Crippen LogP contribution in [0.3, 0.4) is 0 Å². The first kappa shape index (κ1) is 19.9. The second-order valence-corrected chi connectivity index (χ2v) is 6.13. The van der Waals surface area contributed by atoms with Crippen molar-refractivity contribution in [3.63, 3.8) is 0 Å². The molecule has 0 N–H and O–H groups in total. The fourth-order valence-electron chi connectivity index (χ4n) is 2.95. The van der Waals surface area contributed by atoms with Gasteiger partial charge in [0.2, 0.25) is 5.78 Å². The normalized spacial score (nSPS) is 11.6. The van der Waals surface area contributed by atoms with Crippen molar-refractivity contribution in [1.29, 1.82) is 5.26 Å². The maximum atomic E-state index is 12.7. The minimum Gasteiger partial charge on any atom is -0.348 e. The zero-order valence-electron chi connectivity index (χ0n) is 15.6. The van der Waals surface area contributed by atoms with Crippen LogP contribution in [0.5, 0.6) is 0 Å². The number of ketones is 1. The number of nitro groups is 1. The van der Waals surface area contributed by atoms with Crippen LogP contribution in [0.15, 0.2) is 48.1 Å². The van der Waals surface area contributed by atoms with Crippen molar-refractivity contribution in [3.8, 4) is 6.07 Å². The first-order valence-electron chi connectivity index (χ1n) is 8.64. The number of carbonyl (C=O) groups excluding carboxylic acids is 1.